The predicted molar refractivity (Wildman–Crippen MR) is 36.3 cm³/mol. The second-order valence-electron chi connectivity index (χ2n) is 2.81. The summed E-state index contributed by atoms with van der Waals surface area (Å²) >= 11 is 0. The van der Waals surface area contributed by atoms with Crippen molar-refractivity contribution in [2.24, 2.45) is 0 Å². The molecule has 39 valence electrons. The average molecular weight is 105 g/mol. The minimum atomic E-state index is -0.742. The normalized spacial score (nSPS) is 14.7. The Bertz CT molecular complexity index is 33.7. The van der Waals surface area contributed by atoms with E-state index in [1.54, 1.807) is 0 Å². The second kappa shape index (κ2) is 1.93. The van der Waals surface area contributed by atoms with Crippen LogP contribution in [0, 0.1) is 6.92 Å². The van der Waals surface area contributed by atoms with Gasteiger partial charge in [0.15, 0.2) is 0 Å². The van der Waals surface area contributed by atoms with E-state index < -0.39 is 7.26 Å². The van der Waals surface area contributed by atoms with Crippen molar-refractivity contribution in [3.8, 4) is 0 Å². The van der Waals surface area contributed by atoms with Gasteiger partial charge < -0.3 is 0 Å². The van der Waals surface area contributed by atoms with Gasteiger partial charge in [0, 0.05) is 0 Å². The van der Waals surface area contributed by atoms with Gasteiger partial charge in [0.1, 0.15) is 0 Å². The molecule has 0 aromatic heterocycles. The number of hydrogen-bond acceptors (Lipinski definition) is 0. The zero-order valence-electron chi connectivity index (χ0n) is 4.91. The molecule has 0 aliphatic heterocycles. The van der Waals surface area contributed by atoms with Gasteiger partial charge in [0.2, 0.25) is 0 Å². The van der Waals surface area contributed by atoms with E-state index in [1.165, 1.54) is 0 Å². The first kappa shape index (κ1) is 6.43. The van der Waals surface area contributed by atoms with Crippen LogP contribution in [-0.2, 0) is 0 Å². The van der Waals surface area contributed by atoms with Crippen LogP contribution < -0.4 is 0 Å². The van der Waals surface area contributed by atoms with Crippen molar-refractivity contribution in [1.82, 2.24) is 0 Å². The summed E-state index contributed by atoms with van der Waals surface area (Å²) in [6.07, 6.45) is 1.16. The third-order valence-electron chi connectivity index (χ3n) is 0.750. The van der Waals surface area contributed by atoms with E-state index >= 15 is 0 Å². The third kappa shape index (κ3) is 4.43. The van der Waals surface area contributed by atoms with E-state index in [4.69, 9.17) is 0 Å². The van der Waals surface area contributed by atoms with Crippen LogP contribution in [-0.4, -0.2) is 26.2 Å². The molecule has 0 atom stereocenters. The first-order valence-electron chi connectivity index (χ1n) is 2.35. The van der Waals surface area contributed by atoms with Crippen LogP contribution in [0.15, 0.2) is 0 Å². The molecule has 0 nitrogen and oxygen atoms in total. The molecule has 6 heavy (non-hydrogen) atoms. The molecule has 0 saturated heterocycles. The first-order chi connectivity index (χ1) is 2.56. The number of hydrogen-bond donors (Lipinski definition) is 0. The molecule has 0 aliphatic rings. The van der Waals surface area contributed by atoms with Crippen molar-refractivity contribution < 1.29 is 0 Å². The summed E-state index contributed by atoms with van der Waals surface area (Å²) in [5.74, 6) is 0. The Kier molecular flexibility index (Phi) is 2.07. The van der Waals surface area contributed by atoms with Crippen molar-refractivity contribution in [2.75, 3.05) is 26.2 Å². The van der Waals surface area contributed by atoms with Gasteiger partial charge in [0.05, 0.1) is 0 Å². The van der Waals surface area contributed by atoms with Crippen molar-refractivity contribution in [1.29, 1.82) is 0 Å². The Morgan fingerprint density at radius 2 is 1.50 bits per heavy atom. The maximum atomic E-state index is 3.82. The SMILES string of the molecule is [CH2]C[PH](C)(C)C. The van der Waals surface area contributed by atoms with E-state index in [0.29, 0.717) is 0 Å². The standard InChI is InChI=1S/C5H14P/c1-5-6(2,3)4/h6H,1,5H2,2-4H3. The molecule has 0 bridgehead atoms. The quantitative estimate of drug-likeness (QED) is 0.443. The fourth-order valence-electron chi connectivity index (χ4n) is 0. The average Bonchev–Trinajstić information content (AvgIpc) is 1.35. The molecule has 1 radical (unpaired) electrons. The predicted octanol–water partition coefficient (Wildman–Crippen LogP) is 1.46. The minimum absolute atomic E-state index is 0.742. The Morgan fingerprint density at radius 3 is 1.50 bits per heavy atom. The molecule has 0 heterocycles. The van der Waals surface area contributed by atoms with Crippen LogP contribution in [0.4, 0.5) is 0 Å². The van der Waals surface area contributed by atoms with Gasteiger partial charge in [-0.05, 0) is 0 Å². The van der Waals surface area contributed by atoms with Crippen LogP contribution in [0.2, 0.25) is 0 Å². The molecule has 0 spiro atoms. The maximum absolute atomic E-state index is 3.82. The van der Waals surface area contributed by atoms with E-state index in [2.05, 4.69) is 26.9 Å². The van der Waals surface area contributed by atoms with Crippen LogP contribution in [0.25, 0.3) is 0 Å². The van der Waals surface area contributed by atoms with Crippen LogP contribution in [0.3, 0.4) is 0 Å². The zero-order valence-corrected chi connectivity index (χ0v) is 5.91. The molecule has 1 heteroatoms. The third-order valence-corrected chi connectivity index (χ3v) is 2.25. The Hall–Kier alpha value is 0.430. The van der Waals surface area contributed by atoms with E-state index in [1.807, 2.05) is 0 Å². The molecule has 0 aliphatic carbocycles. The van der Waals surface area contributed by atoms with Gasteiger partial charge in [-0.25, -0.2) is 0 Å². The summed E-state index contributed by atoms with van der Waals surface area (Å²) in [7, 11) is -0.742. The van der Waals surface area contributed by atoms with Gasteiger partial charge >= 0.3 is 40.3 Å². The summed E-state index contributed by atoms with van der Waals surface area (Å²) in [5, 5.41) is 0. The van der Waals surface area contributed by atoms with Gasteiger partial charge in [0.25, 0.3) is 0 Å². The first-order valence-corrected chi connectivity index (χ1v) is 6.06. The Labute approximate surface area is 41.3 Å². The second-order valence-corrected chi connectivity index (χ2v) is 8.43. The van der Waals surface area contributed by atoms with Crippen LogP contribution in [0.1, 0.15) is 0 Å². The van der Waals surface area contributed by atoms with Crippen LogP contribution in [0.5, 0.6) is 0 Å². The molecular formula is C5H14P. The molecule has 0 fully saturated rings. The van der Waals surface area contributed by atoms with E-state index in [-0.39, 0.29) is 0 Å². The summed E-state index contributed by atoms with van der Waals surface area (Å²) < 4.78 is 0. The van der Waals surface area contributed by atoms with Gasteiger partial charge in [-0.2, -0.15) is 0 Å². The molecule has 0 unspecified atom stereocenters. The Balaban J connectivity index is 3.17. The fourth-order valence-corrected chi connectivity index (χ4v) is 0. The zero-order chi connectivity index (χ0) is 5.21. The van der Waals surface area contributed by atoms with Crippen molar-refractivity contribution >= 4 is 7.26 Å². The van der Waals surface area contributed by atoms with E-state index in [0.717, 1.165) is 6.16 Å². The molecule has 0 aromatic rings. The molecule has 0 saturated carbocycles. The van der Waals surface area contributed by atoms with Crippen molar-refractivity contribution in [3.05, 3.63) is 6.92 Å². The van der Waals surface area contributed by atoms with Gasteiger partial charge in [-0.1, -0.05) is 0 Å². The van der Waals surface area contributed by atoms with Crippen LogP contribution >= 0.6 is 7.26 Å². The molecule has 0 aromatic carbocycles. The summed E-state index contributed by atoms with van der Waals surface area (Å²) in [6.45, 7) is 10.8. The van der Waals surface area contributed by atoms with Crippen molar-refractivity contribution in [2.45, 2.75) is 0 Å². The summed E-state index contributed by atoms with van der Waals surface area (Å²) in [4.78, 5) is 0. The number of rotatable bonds is 1. The van der Waals surface area contributed by atoms with Crippen molar-refractivity contribution in [3.63, 3.8) is 0 Å². The van der Waals surface area contributed by atoms with Gasteiger partial charge in [-0.3, -0.25) is 0 Å². The summed E-state index contributed by atoms with van der Waals surface area (Å²) in [5.41, 5.74) is 0. The van der Waals surface area contributed by atoms with Gasteiger partial charge in [-0.15, -0.1) is 0 Å². The summed E-state index contributed by atoms with van der Waals surface area (Å²) in [6, 6.07) is 0. The topological polar surface area (TPSA) is 0 Å². The van der Waals surface area contributed by atoms with E-state index in [9.17, 15) is 0 Å². The Morgan fingerprint density at radius 1 is 1.33 bits per heavy atom. The molecule has 0 N–H and O–H groups in total. The fraction of sp³-hybridized carbons (Fsp3) is 0.800. The monoisotopic (exact) mass is 105 g/mol. The molecule has 0 amide bonds. The molecular weight excluding hydrogens is 91.0 g/mol. The molecule has 0 rings (SSSR count).